The van der Waals surface area contributed by atoms with Gasteiger partial charge in [-0.15, -0.1) is 0 Å². The number of hydrogen-bond acceptors (Lipinski definition) is 1. The van der Waals surface area contributed by atoms with Crippen molar-refractivity contribution < 1.29 is 22.4 Å². The second-order valence-electron chi connectivity index (χ2n) is 2.54. The summed E-state index contributed by atoms with van der Waals surface area (Å²) >= 11 is 2.73. The van der Waals surface area contributed by atoms with Crippen molar-refractivity contribution in [2.45, 2.75) is 6.43 Å². The van der Waals surface area contributed by atoms with E-state index < -0.39 is 29.7 Å². The lowest BCUT2D eigenvalue weighted by Crippen LogP contribution is -2.20. The maximum Gasteiger partial charge on any atom is 0.315 e. The van der Waals surface area contributed by atoms with Gasteiger partial charge in [0.2, 0.25) is 0 Å². The van der Waals surface area contributed by atoms with Crippen molar-refractivity contribution in [1.82, 2.24) is 0 Å². The number of amides is 1. The van der Waals surface area contributed by atoms with Gasteiger partial charge in [-0.05, 0) is 22.0 Å². The maximum absolute atomic E-state index is 12.9. The number of rotatable bonds is 2. The summed E-state index contributed by atoms with van der Waals surface area (Å²) < 4.78 is 49.1. The lowest BCUT2D eigenvalue weighted by molar-refractivity contribution is -0.126. The van der Waals surface area contributed by atoms with Crippen molar-refractivity contribution in [3.05, 3.63) is 28.2 Å². The number of halogens is 5. The standard InChI is InChI=1S/C8H4BrF4NO/c9-3-1-6(5(11)2-4(3)10)14-8(15)7(12)13/h1-2,7H,(H,14,15). The van der Waals surface area contributed by atoms with Gasteiger partial charge in [0.15, 0.2) is 0 Å². The van der Waals surface area contributed by atoms with Crippen LogP contribution in [0.15, 0.2) is 16.6 Å². The van der Waals surface area contributed by atoms with Gasteiger partial charge in [-0.2, -0.15) is 8.78 Å². The third kappa shape index (κ3) is 2.92. The smallest absolute Gasteiger partial charge is 0.315 e. The van der Waals surface area contributed by atoms with E-state index in [1.807, 2.05) is 0 Å². The molecule has 82 valence electrons. The summed E-state index contributed by atoms with van der Waals surface area (Å²) in [4.78, 5) is 10.5. The Kier molecular flexibility index (Phi) is 3.67. The summed E-state index contributed by atoms with van der Waals surface area (Å²) in [5.74, 6) is -3.65. The Morgan fingerprint density at radius 1 is 1.27 bits per heavy atom. The van der Waals surface area contributed by atoms with Gasteiger partial charge in [0.05, 0.1) is 10.2 Å². The average Bonchev–Trinajstić information content (AvgIpc) is 2.13. The second-order valence-corrected chi connectivity index (χ2v) is 3.39. The largest absolute Gasteiger partial charge is 0.319 e. The molecule has 0 spiro atoms. The summed E-state index contributed by atoms with van der Waals surface area (Å²) in [5.41, 5.74) is -0.506. The molecule has 0 radical (unpaired) electrons. The molecular formula is C8H4BrF4NO. The molecule has 1 rings (SSSR count). The molecule has 0 saturated heterocycles. The monoisotopic (exact) mass is 285 g/mol. The second kappa shape index (κ2) is 4.61. The number of hydrogen-bond donors (Lipinski definition) is 1. The molecular weight excluding hydrogens is 282 g/mol. The molecule has 1 aromatic carbocycles. The third-order valence-corrected chi connectivity index (χ3v) is 2.07. The number of anilines is 1. The fourth-order valence-corrected chi connectivity index (χ4v) is 1.15. The van der Waals surface area contributed by atoms with E-state index in [0.717, 1.165) is 6.07 Å². The Balaban J connectivity index is 2.96. The van der Waals surface area contributed by atoms with Crippen LogP contribution in [-0.4, -0.2) is 12.3 Å². The fraction of sp³-hybridized carbons (Fsp3) is 0.125. The SMILES string of the molecule is O=C(Nc1cc(Br)c(F)cc1F)C(F)F. The van der Waals surface area contributed by atoms with Crippen molar-refractivity contribution in [3.63, 3.8) is 0 Å². The molecule has 0 aliphatic heterocycles. The molecule has 0 heterocycles. The Bertz CT molecular complexity index is 396. The first-order valence-corrected chi connectivity index (χ1v) is 4.44. The van der Waals surface area contributed by atoms with E-state index in [-0.39, 0.29) is 4.47 Å². The highest BCUT2D eigenvalue weighted by atomic mass is 79.9. The van der Waals surface area contributed by atoms with Crippen molar-refractivity contribution in [2.24, 2.45) is 0 Å². The van der Waals surface area contributed by atoms with Crippen LogP contribution in [0.2, 0.25) is 0 Å². The van der Waals surface area contributed by atoms with Crippen molar-refractivity contribution in [3.8, 4) is 0 Å². The van der Waals surface area contributed by atoms with E-state index in [0.29, 0.717) is 6.07 Å². The highest BCUT2D eigenvalue weighted by Gasteiger charge is 2.17. The summed E-state index contributed by atoms with van der Waals surface area (Å²) in [6, 6.07) is 1.34. The minimum atomic E-state index is -3.26. The number of benzene rings is 1. The Labute approximate surface area is 90.4 Å². The van der Waals surface area contributed by atoms with Crippen molar-refractivity contribution >= 4 is 27.5 Å². The molecule has 0 atom stereocenters. The molecule has 0 fully saturated rings. The quantitative estimate of drug-likeness (QED) is 0.657. The van der Waals surface area contributed by atoms with Gasteiger partial charge in [-0.1, -0.05) is 0 Å². The summed E-state index contributed by atoms with van der Waals surface area (Å²) in [7, 11) is 0. The van der Waals surface area contributed by atoms with Gasteiger partial charge in [0.1, 0.15) is 11.6 Å². The van der Waals surface area contributed by atoms with Gasteiger partial charge in [0, 0.05) is 6.07 Å². The lowest BCUT2D eigenvalue weighted by atomic mass is 10.3. The first-order chi connectivity index (χ1) is 6.91. The molecule has 2 nitrogen and oxygen atoms in total. The van der Waals surface area contributed by atoms with E-state index >= 15 is 0 Å². The van der Waals surface area contributed by atoms with Crippen LogP contribution < -0.4 is 5.32 Å². The van der Waals surface area contributed by atoms with Crippen LogP contribution in [-0.2, 0) is 4.79 Å². The predicted octanol–water partition coefficient (Wildman–Crippen LogP) is 2.93. The molecule has 0 bridgehead atoms. The molecule has 0 aliphatic rings. The lowest BCUT2D eigenvalue weighted by Gasteiger charge is -2.06. The molecule has 0 aromatic heterocycles. The third-order valence-electron chi connectivity index (χ3n) is 1.47. The van der Waals surface area contributed by atoms with Crippen LogP contribution in [0.4, 0.5) is 23.2 Å². The first-order valence-electron chi connectivity index (χ1n) is 3.65. The fourth-order valence-electron chi connectivity index (χ4n) is 0.806. The van der Waals surface area contributed by atoms with E-state index in [2.05, 4.69) is 15.9 Å². The van der Waals surface area contributed by atoms with Crippen LogP contribution >= 0.6 is 15.9 Å². The van der Waals surface area contributed by atoms with Crippen LogP contribution in [0.5, 0.6) is 0 Å². The molecule has 15 heavy (non-hydrogen) atoms. The average molecular weight is 286 g/mol. The molecule has 0 unspecified atom stereocenters. The maximum atomic E-state index is 12.9. The zero-order chi connectivity index (χ0) is 11.6. The minimum Gasteiger partial charge on any atom is -0.319 e. The zero-order valence-electron chi connectivity index (χ0n) is 7.03. The van der Waals surface area contributed by atoms with Gasteiger partial charge in [-0.25, -0.2) is 8.78 Å². The van der Waals surface area contributed by atoms with Gasteiger partial charge in [-0.3, -0.25) is 4.79 Å². The molecule has 7 heteroatoms. The van der Waals surface area contributed by atoms with Gasteiger partial charge < -0.3 is 5.32 Å². The molecule has 1 N–H and O–H groups in total. The molecule has 1 aromatic rings. The minimum absolute atomic E-state index is 0.131. The van der Waals surface area contributed by atoms with Crippen molar-refractivity contribution in [2.75, 3.05) is 5.32 Å². The Morgan fingerprint density at radius 2 is 1.87 bits per heavy atom. The van der Waals surface area contributed by atoms with E-state index in [1.165, 1.54) is 0 Å². The van der Waals surface area contributed by atoms with Crippen LogP contribution in [0.1, 0.15) is 0 Å². The van der Waals surface area contributed by atoms with E-state index in [9.17, 15) is 22.4 Å². The van der Waals surface area contributed by atoms with Crippen molar-refractivity contribution in [1.29, 1.82) is 0 Å². The zero-order valence-corrected chi connectivity index (χ0v) is 8.62. The van der Waals surface area contributed by atoms with Crippen LogP contribution in [0.3, 0.4) is 0 Å². The normalized spacial score (nSPS) is 10.5. The topological polar surface area (TPSA) is 29.1 Å². The number of carbonyl (C=O) groups excluding carboxylic acids is 1. The first kappa shape index (κ1) is 12.0. The number of alkyl halides is 2. The van der Waals surface area contributed by atoms with Gasteiger partial charge >= 0.3 is 6.43 Å². The highest BCUT2D eigenvalue weighted by molar-refractivity contribution is 9.10. The van der Waals surface area contributed by atoms with Crippen LogP contribution in [0, 0.1) is 11.6 Å². The summed E-state index contributed by atoms with van der Waals surface area (Å²) in [6.07, 6.45) is -3.26. The molecule has 1 amide bonds. The predicted molar refractivity (Wildman–Crippen MR) is 48.7 cm³/mol. The molecule has 0 aliphatic carbocycles. The Hall–Kier alpha value is -1.11. The molecule has 0 saturated carbocycles. The number of carbonyl (C=O) groups is 1. The summed E-state index contributed by atoms with van der Waals surface area (Å²) in [5, 5.41) is 1.62. The Morgan fingerprint density at radius 3 is 2.40 bits per heavy atom. The van der Waals surface area contributed by atoms with E-state index in [4.69, 9.17) is 0 Å². The van der Waals surface area contributed by atoms with E-state index in [1.54, 1.807) is 5.32 Å². The number of nitrogens with one attached hydrogen (secondary N) is 1. The highest BCUT2D eigenvalue weighted by Crippen LogP contribution is 2.23. The summed E-state index contributed by atoms with van der Waals surface area (Å²) in [6.45, 7) is 0. The van der Waals surface area contributed by atoms with Gasteiger partial charge in [0.25, 0.3) is 5.91 Å². The van der Waals surface area contributed by atoms with Crippen LogP contribution in [0.25, 0.3) is 0 Å².